The third kappa shape index (κ3) is 3.88. The SMILES string of the molecule is C=CC(C)NC(C)Cc1ccccc1C. The molecular formula is C14H21N. The van der Waals surface area contributed by atoms with Crippen molar-refractivity contribution in [1.29, 1.82) is 0 Å². The van der Waals surface area contributed by atoms with E-state index in [2.05, 4.69) is 56.9 Å². The van der Waals surface area contributed by atoms with Crippen molar-refractivity contribution in [3.05, 3.63) is 48.0 Å². The molecule has 1 nitrogen and oxygen atoms in total. The maximum Gasteiger partial charge on any atom is 0.0221 e. The van der Waals surface area contributed by atoms with Gasteiger partial charge in [-0.15, -0.1) is 6.58 Å². The van der Waals surface area contributed by atoms with Crippen LogP contribution in [-0.2, 0) is 6.42 Å². The minimum Gasteiger partial charge on any atom is -0.308 e. The van der Waals surface area contributed by atoms with E-state index < -0.39 is 0 Å². The molecule has 0 bridgehead atoms. The summed E-state index contributed by atoms with van der Waals surface area (Å²) in [6.45, 7) is 10.3. The van der Waals surface area contributed by atoms with Gasteiger partial charge in [-0.2, -0.15) is 0 Å². The maximum atomic E-state index is 3.78. The Morgan fingerprint density at radius 1 is 1.33 bits per heavy atom. The van der Waals surface area contributed by atoms with Gasteiger partial charge in [0.25, 0.3) is 0 Å². The molecule has 0 amide bonds. The second kappa shape index (κ2) is 5.72. The topological polar surface area (TPSA) is 12.0 Å². The molecule has 1 N–H and O–H groups in total. The first-order valence-electron chi connectivity index (χ1n) is 5.56. The molecular weight excluding hydrogens is 182 g/mol. The van der Waals surface area contributed by atoms with Crippen LogP contribution in [0.3, 0.4) is 0 Å². The summed E-state index contributed by atoms with van der Waals surface area (Å²) in [6.07, 6.45) is 3.01. The Hall–Kier alpha value is -1.08. The zero-order chi connectivity index (χ0) is 11.3. The minimum atomic E-state index is 0.379. The molecule has 0 saturated carbocycles. The maximum absolute atomic E-state index is 3.78. The van der Waals surface area contributed by atoms with Crippen molar-refractivity contribution in [2.45, 2.75) is 39.3 Å². The molecule has 0 radical (unpaired) electrons. The molecule has 0 heterocycles. The van der Waals surface area contributed by atoms with E-state index >= 15 is 0 Å². The van der Waals surface area contributed by atoms with Crippen LogP contribution >= 0.6 is 0 Å². The number of hydrogen-bond acceptors (Lipinski definition) is 1. The Kier molecular flexibility index (Phi) is 4.57. The predicted octanol–water partition coefficient (Wildman–Crippen LogP) is 3.09. The van der Waals surface area contributed by atoms with Crippen molar-refractivity contribution in [2.75, 3.05) is 0 Å². The molecule has 82 valence electrons. The summed E-state index contributed by atoms with van der Waals surface area (Å²) >= 11 is 0. The van der Waals surface area contributed by atoms with Crippen LogP contribution in [0, 0.1) is 6.92 Å². The summed E-state index contributed by atoms with van der Waals surface area (Å²) in [4.78, 5) is 0. The third-order valence-corrected chi connectivity index (χ3v) is 2.69. The van der Waals surface area contributed by atoms with Crippen LogP contribution in [0.4, 0.5) is 0 Å². The van der Waals surface area contributed by atoms with Crippen molar-refractivity contribution in [3.8, 4) is 0 Å². The molecule has 1 rings (SSSR count). The first-order chi connectivity index (χ1) is 7.13. The average Bonchev–Trinajstić information content (AvgIpc) is 2.21. The highest BCUT2D eigenvalue weighted by Gasteiger charge is 2.06. The van der Waals surface area contributed by atoms with Gasteiger partial charge in [0.1, 0.15) is 0 Å². The van der Waals surface area contributed by atoms with E-state index in [1.54, 1.807) is 0 Å². The van der Waals surface area contributed by atoms with Crippen molar-refractivity contribution >= 4 is 0 Å². The van der Waals surface area contributed by atoms with Gasteiger partial charge in [-0.25, -0.2) is 0 Å². The highest BCUT2D eigenvalue weighted by Crippen LogP contribution is 2.09. The first-order valence-corrected chi connectivity index (χ1v) is 5.56. The second-order valence-corrected chi connectivity index (χ2v) is 4.22. The summed E-state index contributed by atoms with van der Waals surface area (Å²) in [7, 11) is 0. The zero-order valence-electron chi connectivity index (χ0n) is 9.96. The lowest BCUT2D eigenvalue weighted by atomic mass is 10.0. The van der Waals surface area contributed by atoms with Crippen molar-refractivity contribution in [3.63, 3.8) is 0 Å². The van der Waals surface area contributed by atoms with E-state index in [1.165, 1.54) is 11.1 Å². The summed E-state index contributed by atoms with van der Waals surface area (Å²) in [5, 5.41) is 3.49. The molecule has 0 aliphatic rings. The van der Waals surface area contributed by atoms with E-state index in [1.807, 2.05) is 6.08 Å². The average molecular weight is 203 g/mol. The van der Waals surface area contributed by atoms with Crippen LogP contribution in [0.2, 0.25) is 0 Å². The van der Waals surface area contributed by atoms with Crippen LogP contribution in [0.25, 0.3) is 0 Å². The highest BCUT2D eigenvalue weighted by atomic mass is 14.9. The predicted molar refractivity (Wildman–Crippen MR) is 67.1 cm³/mol. The van der Waals surface area contributed by atoms with Gasteiger partial charge >= 0.3 is 0 Å². The van der Waals surface area contributed by atoms with Crippen molar-refractivity contribution < 1.29 is 0 Å². The zero-order valence-corrected chi connectivity index (χ0v) is 9.96. The lowest BCUT2D eigenvalue weighted by Gasteiger charge is -2.18. The molecule has 0 saturated heterocycles. The number of nitrogens with one attached hydrogen (secondary N) is 1. The van der Waals surface area contributed by atoms with Crippen LogP contribution < -0.4 is 5.32 Å². The second-order valence-electron chi connectivity index (χ2n) is 4.22. The summed E-state index contributed by atoms with van der Waals surface area (Å²) in [5.74, 6) is 0. The fourth-order valence-electron chi connectivity index (χ4n) is 1.74. The molecule has 0 aliphatic heterocycles. The normalized spacial score (nSPS) is 14.6. The smallest absolute Gasteiger partial charge is 0.0221 e. The largest absolute Gasteiger partial charge is 0.308 e. The minimum absolute atomic E-state index is 0.379. The molecule has 0 aromatic heterocycles. The number of rotatable bonds is 5. The standard InChI is InChI=1S/C14H21N/c1-5-12(3)15-13(4)10-14-9-7-6-8-11(14)2/h5-9,12-13,15H,1,10H2,2-4H3. The lowest BCUT2D eigenvalue weighted by molar-refractivity contribution is 0.513. The van der Waals surface area contributed by atoms with Crippen molar-refractivity contribution in [2.24, 2.45) is 0 Å². The Balaban J connectivity index is 2.54. The van der Waals surface area contributed by atoms with Gasteiger partial charge in [0.2, 0.25) is 0 Å². The number of hydrogen-bond donors (Lipinski definition) is 1. The van der Waals surface area contributed by atoms with Gasteiger partial charge in [0.15, 0.2) is 0 Å². The Bertz CT molecular complexity index is 317. The van der Waals surface area contributed by atoms with Gasteiger partial charge in [0, 0.05) is 12.1 Å². The summed E-state index contributed by atoms with van der Waals surface area (Å²) in [6, 6.07) is 9.42. The van der Waals surface area contributed by atoms with E-state index in [4.69, 9.17) is 0 Å². The molecule has 15 heavy (non-hydrogen) atoms. The van der Waals surface area contributed by atoms with Gasteiger partial charge < -0.3 is 5.32 Å². The van der Waals surface area contributed by atoms with E-state index in [0.717, 1.165) is 6.42 Å². The molecule has 1 heteroatoms. The number of aryl methyl sites for hydroxylation is 1. The Morgan fingerprint density at radius 3 is 2.60 bits per heavy atom. The quantitative estimate of drug-likeness (QED) is 0.725. The van der Waals surface area contributed by atoms with Gasteiger partial charge in [-0.3, -0.25) is 0 Å². The monoisotopic (exact) mass is 203 g/mol. The molecule has 1 aromatic carbocycles. The molecule has 0 spiro atoms. The van der Waals surface area contributed by atoms with E-state index in [-0.39, 0.29) is 0 Å². The molecule has 0 aliphatic carbocycles. The van der Waals surface area contributed by atoms with Crippen LogP contribution in [0.1, 0.15) is 25.0 Å². The van der Waals surface area contributed by atoms with Crippen LogP contribution in [-0.4, -0.2) is 12.1 Å². The first kappa shape index (κ1) is 12.0. The van der Waals surface area contributed by atoms with E-state index in [0.29, 0.717) is 12.1 Å². The fraction of sp³-hybridized carbons (Fsp3) is 0.429. The Morgan fingerprint density at radius 2 is 2.00 bits per heavy atom. The number of benzene rings is 1. The molecule has 2 atom stereocenters. The summed E-state index contributed by atoms with van der Waals surface area (Å²) < 4.78 is 0. The molecule has 1 aromatic rings. The van der Waals surface area contributed by atoms with Gasteiger partial charge in [-0.05, 0) is 38.3 Å². The highest BCUT2D eigenvalue weighted by molar-refractivity contribution is 5.26. The summed E-state index contributed by atoms with van der Waals surface area (Å²) in [5.41, 5.74) is 2.80. The van der Waals surface area contributed by atoms with E-state index in [9.17, 15) is 0 Å². The third-order valence-electron chi connectivity index (χ3n) is 2.69. The van der Waals surface area contributed by atoms with Gasteiger partial charge in [-0.1, -0.05) is 30.3 Å². The molecule has 2 unspecified atom stereocenters. The fourth-order valence-corrected chi connectivity index (χ4v) is 1.74. The van der Waals surface area contributed by atoms with Gasteiger partial charge in [0.05, 0.1) is 0 Å². The van der Waals surface area contributed by atoms with Crippen LogP contribution in [0.15, 0.2) is 36.9 Å². The molecule has 0 fully saturated rings. The lowest BCUT2D eigenvalue weighted by Crippen LogP contribution is -2.34. The van der Waals surface area contributed by atoms with Crippen molar-refractivity contribution in [1.82, 2.24) is 5.32 Å². The van der Waals surface area contributed by atoms with Crippen LogP contribution in [0.5, 0.6) is 0 Å². The Labute approximate surface area is 93.2 Å².